The maximum absolute atomic E-state index is 13.4. The number of benzene rings is 2. The molecule has 1 unspecified atom stereocenters. The van der Waals surface area contributed by atoms with E-state index in [1.807, 2.05) is 44.2 Å². The van der Waals surface area contributed by atoms with Crippen LogP contribution in [-0.2, 0) is 16.0 Å². The topological polar surface area (TPSA) is 79.7 Å². The lowest BCUT2D eigenvalue weighted by Gasteiger charge is -2.25. The number of carbonyl (C=O) groups is 2. The lowest BCUT2D eigenvalue weighted by molar-refractivity contribution is -0.132. The monoisotopic (exact) mass is 484 g/mol. The first-order valence-corrected chi connectivity index (χ1v) is 12.4. The van der Waals surface area contributed by atoms with Crippen molar-refractivity contribution < 1.29 is 19.4 Å². The zero-order valence-electron chi connectivity index (χ0n) is 21.2. The molecule has 0 bridgehead atoms. The van der Waals surface area contributed by atoms with Crippen molar-refractivity contribution in [3.8, 4) is 5.75 Å². The number of ketones is 1. The maximum Gasteiger partial charge on any atom is 0.300 e. The van der Waals surface area contributed by atoms with Crippen molar-refractivity contribution in [1.29, 1.82) is 0 Å². The molecule has 1 aromatic heterocycles. The minimum absolute atomic E-state index is 0.0219. The number of rotatable bonds is 8. The quantitative estimate of drug-likeness (QED) is 0.235. The van der Waals surface area contributed by atoms with Crippen LogP contribution in [0.25, 0.3) is 5.76 Å². The Morgan fingerprint density at radius 3 is 2.44 bits per heavy atom. The van der Waals surface area contributed by atoms with Gasteiger partial charge in [0.15, 0.2) is 0 Å². The van der Waals surface area contributed by atoms with Crippen LogP contribution >= 0.6 is 0 Å². The number of hydrogen-bond acceptors (Lipinski definition) is 5. The SMILES string of the molecule is CCCCc1ccc(N2C(=O)C(=O)/C(=C(\O)c3ccc(OC)c(C(C)C)c3)C2c2ccccn2)cc1. The molecule has 2 aromatic carbocycles. The molecule has 1 saturated heterocycles. The Kier molecular flexibility index (Phi) is 7.53. The first-order chi connectivity index (χ1) is 17.4. The van der Waals surface area contributed by atoms with Gasteiger partial charge in [-0.3, -0.25) is 19.5 Å². The Hall–Kier alpha value is -3.93. The van der Waals surface area contributed by atoms with E-state index in [1.54, 1.807) is 43.6 Å². The summed E-state index contributed by atoms with van der Waals surface area (Å²) in [4.78, 5) is 32.6. The number of aryl methyl sites for hydroxylation is 1. The van der Waals surface area contributed by atoms with Gasteiger partial charge < -0.3 is 9.84 Å². The maximum atomic E-state index is 13.4. The van der Waals surface area contributed by atoms with E-state index in [1.165, 1.54) is 10.5 Å². The van der Waals surface area contributed by atoms with Crippen molar-refractivity contribution in [1.82, 2.24) is 4.98 Å². The summed E-state index contributed by atoms with van der Waals surface area (Å²) in [6, 6.07) is 17.5. The van der Waals surface area contributed by atoms with Gasteiger partial charge in [0.1, 0.15) is 17.6 Å². The zero-order chi connectivity index (χ0) is 25.8. The summed E-state index contributed by atoms with van der Waals surface area (Å²) < 4.78 is 5.47. The molecule has 1 aliphatic rings. The number of hydrogen-bond donors (Lipinski definition) is 1. The lowest BCUT2D eigenvalue weighted by atomic mass is 9.94. The molecular formula is C30H32N2O4. The molecule has 0 spiro atoms. The van der Waals surface area contributed by atoms with Gasteiger partial charge >= 0.3 is 0 Å². The van der Waals surface area contributed by atoms with Crippen LogP contribution in [0.1, 0.15) is 68.0 Å². The Morgan fingerprint density at radius 2 is 1.83 bits per heavy atom. The summed E-state index contributed by atoms with van der Waals surface area (Å²) in [6.07, 6.45) is 4.75. The highest BCUT2D eigenvalue weighted by atomic mass is 16.5. The molecule has 1 fully saturated rings. The van der Waals surface area contributed by atoms with Crippen LogP contribution in [0.4, 0.5) is 5.69 Å². The highest BCUT2D eigenvalue weighted by Crippen LogP contribution is 2.42. The van der Waals surface area contributed by atoms with Crippen molar-refractivity contribution in [2.24, 2.45) is 0 Å². The second-order valence-corrected chi connectivity index (χ2v) is 9.31. The second-order valence-electron chi connectivity index (χ2n) is 9.31. The smallest absolute Gasteiger partial charge is 0.300 e. The van der Waals surface area contributed by atoms with Crippen molar-refractivity contribution in [3.63, 3.8) is 0 Å². The Morgan fingerprint density at radius 1 is 1.08 bits per heavy atom. The molecule has 0 aliphatic carbocycles. The lowest BCUT2D eigenvalue weighted by Crippen LogP contribution is -2.29. The number of aliphatic hydroxyl groups excluding tert-OH is 1. The van der Waals surface area contributed by atoms with E-state index in [4.69, 9.17) is 4.74 Å². The number of anilines is 1. The number of aliphatic hydroxyl groups is 1. The Labute approximate surface area is 212 Å². The number of pyridine rings is 1. The average molecular weight is 485 g/mol. The Bertz CT molecular complexity index is 1280. The van der Waals surface area contributed by atoms with Gasteiger partial charge in [-0.15, -0.1) is 0 Å². The van der Waals surface area contributed by atoms with Gasteiger partial charge in [-0.2, -0.15) is 0 Å². The number of aromatic nitrogens is 1. The van der Waals surface area contributed by atoms with E-state index in [-0.39, 0.29) is 17.3 Å². The third kappa shape index (κ3) is 4.76. The number of ether oxygens (including phenoxy) is 1. The molecule has 6 nitrogen and oxygen atoms in total. The van der Waals surface area contributed by atoms with Gasteiger partial charge in [0, 0.05) is 17.4 Å². The predicted molar refractivity (Wildman–Crippen MR) is 141 cm³/mol. The van der Waals surface area contributed by atoms with Gasteiger partial charge in [0.2, 0.25) is 0 Å². The first kappa shape index (κ1) is 25.2. The summed E-state index contributed by atoms with van der Waals surface area (Å²) >= 11 is 0. The molecule has 36 heavy (non-hydrogen) atoms. The highest BCUT2D eigenvalue weighted by Gasteiger charge is 2.47. The van der Waals surface area contributed by atoms with Crippen LogP contribution in [0.15, 0.2) is 72.4 Å². The predicted octanol–water partition coefficient (Wildman–Crippen LogP) is 6.18. The molecule has 186 valence electrons. The van der Waals surface area contributed by atoms with Crippen molar-refractivity contribution in [3.05, 3.63) is 94.8 Å². The Balaban J connectivity index is 1.85. The molecule has 1 atom stereocenters. The summed E-state index contributed by atoms with van der Waals surface area (Å²) in [5.41, 5.74) is 3.64. The minimum atomic E-state index is -0.850. The van der Waals surface area contributed by atoms with E-state index in [2.05, 4.69) is 11.9 Å². The van der Waals surface area contributed by atoms with E-state index in [9.17, 15) is 14.7 Å². The van der Waals surface area contributed by atoms with Crippen LogP contribution in [0.5, 0.6) is 5.75 Å². The summed E-state index contributed by atoms with van der Waals surface area (Å²) in [7, 11) is 1.60. The number of carbonyl (C=O) groups excluding carboxylic acids is 2. The van der Waals surface area contributed by atoms with E-state index >= 15 is 0 Å². The highest BCUT2D eigenvalue weighted by molar-refractivity contribution is 6.51. The molecule has 1 aliphatic heterocycles. The van der Waals surface area contributed by atoms with Crippen molar-refractivity contribution in [2.75, 3.05) is 12.0 Å². The van der Waals surface area contributed by atoms with Gasteiger partial charge in [-0.1, -0.05) is 45.4 Å². The fourth-order valence-electron chi connectivity index (χ4n) is 4.61. The molecule has 6 heteroatoms. The number of amides is 1. The first-order valence-electron chi connectivity index (χ1n) is 12.4. The van der Waals surface area contributed by atoms with Crippen molar-refractivity contribution >= 4 is 23.1 Å². The third-order valence-electron chi connectivity index (χ3n) is 6.57. The van der Waals surface area contributed by atoms with Crippen LogP contribution in [0.3, 0.4) is 0 Å². The number of methoxy groups -OCH3 is 1. The molecule has 0 radical (unpaired) electrons. The van der Waals surface area contributed by atoms with Crippen molar-refractivity contribution in [2.45, 2.75) is 52.0 Å². The van der Waals surface area contributed by atoms with Gasteiger partial charge in [0.25, 0.3) is 11.7 Å². The molecule has 4 rings (SSSR count). The molecule has 1 amide bonds. The number of nitrogens with zero attached hydrogens (tertiary/aromatic N) is 2. The molecule has 2 heterocycles. The van der Waals surface area contributed by atoms with Crippen LogP contribution < -0.4 is 9.64 Å². The molecule has 0 saturated carbocycles. The van der Waals surface area contributed by atoms with Gasteiger partial charge in [0.05, 0.1) is 18.4 Å². The number of Topliss-reactive ketones (excluding diaryl/α,β-unsaturated/α-hetero) is 1. The fourth-order valence-corrected chi connectivity index (χ4v) is 4.61. The molecule has 3 aromatic rings. The van der Waals surface area contributed by atoms with E-state index in [0.29, 0.717) is 22.7 Å². The number of unbranched alkanes of at least 4 members (excludes halogenated alkanes) is 1. The standard InChI is InChI=1S/C30H32N2O4/c1-5-6-9-20-11-14-22(15-12-20)32-27(24-10-7-8-17-31-24)26(29(34)30(32)35)28(33)21-13-16-25(36-4)23(18-21)19(2)3/h7-8,10-19,27,33H,5-6,9H2,1-4H3/b28-26-. The summed E-state index contributed by atoms with van der Waals surface area (Å²) in [5, 5.41) is 11.4. The normalized spacial score (nSPS) is 17.1. The molecule has 1 N–H and O–H groups in total. The fraction of sp³-hybridized carbons (Fsp3) is 0.300. The van der Waals surface area contributed by atoms with Gasteiger partial charge in [-0.25, -0.2) is 0 Å². The average Bonchev–Trinajstić information content (AvgIpc) is 3.17. The summed E-state index contributed by atoms with van der Waals surface area (Å²) in [5.74, 6) is -0.818. The largest absolute Gasteiger partial charge is 0.507 e. The second kappa shape index (κ2) is 10.8. The minimum Gasteiger partial charge on any atom is -0.507 e. The molecular weight excluding hydrogens is 452 g/mol. The van der Waals surface area contributed by atoms with E-state index in [0.717, 1.165) is 24.8 Å². The van der Waals surface area contributed by atoms with E-state index < -0.39 is 17.7 Å². The van der Waals surface area contributed by atoms with Crippen LogP contribution in [0, 0.1) is 0 Å². The zero-order valence-corrected chi connectivity index (χ0v) is 21.2. The van der Waals surface area contributed by atoms with Gasteiger partial charge in [-0.05, 0) is 72.4 Å². The third-order valence-corrected chi connectivity index (χ3v) is 6.57. The van der Waals surface area contributed by atoms with Crippen LogP contribution in [0.2, 0.25) is 0 Å². The summed E-state index contributed by atoms with van der Waals surface area (Å²) in [6.45, 7) is 6.20. The van der Waals surface area contributed by atoms with Crippen LogP contribution in [-0.4, -0.2) is 28.9 Å².